The summed E-state index contributed by atoms with van der Waals surface area (Å²) in [5.74, 6) is -0.313. The van der Waals surface area contributed by atoms with E-state index in [-0.39, 0.29) is 10.1 Å². The Morgan fingerprint density at radius 3 is 2.79 bits per heavy atom. The van der Waals surface area contributed by atoms with Gasteiger partial charge in [-0.2, -0.15) is 4.31 Å². The summed E-state index contributed by atoms with van der Waals surface area (Å²) in [7, 11) is -3.67. The number of piperidine rings is 1. The summed E-state index contributed by atoms with van der Waals surface area (Å²) >= 11 is 2.59. The van der Waals surface area contributed by atoms with E-state index in [1.807, 2.05) is 19.9 Å². The molecule has 1 aromatic carbocycles. The van der Waals surface area contributed by atoms with Crippen molar-refractivity contribution in [3.63, 3.8) is 0 Å². The van der Waals surface area contributed by atoms with Gasteiger partial charge in [-0.15, -0.1) is 11.3 Å². The van der Waals surface area contributed by atoms with Crippen LogP contribution in [0.2, 0.25) is 0 Å². The number of carbonyl (C=O) groups excluding carboxylic acids is 1. The Balaban J connectivity index is 1.59. The van der Waals surface area contributed by atoms with E-state index in [2.05, 4.69) is 16.4 Å². The second-order valence-corrected chi connectivity index (χ2v) is 11.1. The Morgan fingerprint density at radius 2 is 2.04 bits per heavy atom. The van der Waals surface area contributed by atoms with Gasteiger partial charge in [0.25, 0.3) is 10.0 Å². The molecule has 0 spiro atoms. The van der Waals surface area contributed by atoms with Crippen molar-refractivity contribution in [1.82, 2.24) is 9.29 Å². The lowest BCUT2D eigenvalue weighted by atomic mass is 10.0. The van der Waals surface area contributed by atoms with Crippen LogP contribution in [0.25, 0.3) is 10.2 Å². The molecule has 1 unspecified atom stereocenters. The Kier molecular flexibility index (Phi) is 5.26. The number of carbonyl (C=O) groups is 1. The van der Waals surface area contributed by atoms with Gasteiger partial charge in [0, 0.05) is 6.54 Å². The topological polar surface area (TPSA) is 79.4 Å². The minimum absolute atomic E-state index is 0.276. The van der Waals surface area contributed by atoms with Crippen molar-refractivity contribution in [2.75, 3.05) is 11.9 Å². The summed E-state index contributed by atoms with van der Waals surface area (Å²) in [6.45, 7) is 4.43. The van der Waals surface area contributed by atoms with Crippen LogP contribution in [0.5, 0.6) is 0 Å². The molecule has 1 atom stereocenters. The maximum atomic E-state index is 13.0. The number of nitrogens with zero attached hydrogens (tertiary/aromatic N) is 2. The van der Waals surface area contributed by atoms with Crippen molar-refractivity contribution >= 4 is 54.0 Å². The molecule has 1 aliphatic heterocycles. The number of benzene rings is 1. The number of amides is 1. The molecular weight excluding hydrogens is 414 g/mol. The van der Waals surface area contributed by atoms with Crippen molar-refractivity contribution in [2.45, 2.75) is 43.4 Å². The van der Waals surface area contributed by atoms with Gasteiger partial charge in [-0.3, -0.25) is 4.79 Å². The number of hydrogen-bond acceptors (Lipinski definition) is 6. The fourth-order valence-corrected chi connectivity index (χ4v) is 7.13. The summed E-state index contributed by atoms with van der Waals surface area (Å²) in [6.07, 6.45) is 2.10. The van der Waals surface area contributed by atoms with Crippen LogP contribution in [0.4, 0.5) is 5.13 Å². The lowest BCUT2D eigenvalue weighted by Gasteiger charge is -2.32. The zero-order chi connectivity index (χ0) is 19.9. The average molecular weight is 436 g/mol. The standard InChI is InChI=1S/C19H21N3O3S3/c1-12-10-14-16(11-13(12)2)27-19(20-14)21-18(23)15-6-3-4-8-22(15)28(24,25)17-7-5-9-26-17/h5,7,9-11,15H,3-4,6,8H2,1-2H3,(H,20,21,23). The Labute approximate surface area is 172 Å². The monoisotopic (exact) mass is 435 g/mol. The molecule has 0 aliphatic carbocycles. The zero-order valence-electron chi connectivity index (χ0n) is 15.6. The molecule has 148 valence electrons. The fourth-order valence-electron chi connectivity index (χ4n) is 3.40. The fraction of sp³-hybridized carbons (Fsp3) is 0.368. The van der Waals surface area contributed by atoms with Crippen LogP contribution in [0, 0.1) is 13.8 Å². The summed E-state index contributed by atoms with van der Waals surface area (Å²) in [4.78, 5) is 17.5. The van der Waals surface area contributed by atoms with Crippen LogP contribution in [-0.4, -0.2) is 36.2 Å². The van der Waals surface area contributed by atoms with Gasteiger partial charge >= 0.3 is 0 Å². The molecule has 9 heteroatoms. The maximum absolute atomic E-state index is 13.0. The third-order valence-electron chi connectivity index (χ3n) is 5.05. The van der Waals surface area contributed by atoms with Gasteiger partial charge in [-0.05, 0) is 61.4 Å². The van der Waals surface area contributed by atoms with Gasteiger partial charge in [0.2, 0.25) is 5.91 Å². The van der Waals surface area contributed by atoms with Gasteiger partial charge in [0.1, 0.15) is 10.3 Å². The Morgan fingerprint density at radius 1 is 1.25 bits per heavy atom. The van der Waals surface area contributed by atoms with E-state index >= 15 is 0 Å². The second kappa shape index (κ2) is 7.55. The Hall–Kier alpha value is -1.81. The van der Waals surface area contributed by atoms with E-state index in [4.69, 9.17) is 0 Å². The number of aromatic nitrogens is 1. The lowest BCUT2D eigenvalue weighted by molar-refractivity contribution is -0.120. The number of aryl methyl sites for hydroxylation is 2. The van der Waals surface area contributed by atoms with E-state index in [0.717, 1.165) is 28.6 Å². The molecule has 4 rings (SSSR count). The lowest BCUT2D eigenvalue weighted by Crippen LogP contribution is -2.49. The molecular formula is C19H21N3O3S3. The number of hydrogen-bond donors (Lipinski definition) is 1. The van der Waals surface area contributed by atoms with Gasteiger partial charge in [-0.25, -0.2) is 13.4 Å². The van der Waals surface area contributed by atoms with Crippen LogP contribution in [-0.2, 0) is 14.8 Å². The number of fused-ring (bicyclic) bond motifs is 1. The molecule has 0 radical (unpaired) electrons. The van der Waals surface area contributed by atoms with Gasteiger partial charge in [-0.1, -0.05) is 23.8 Å². The zero-order valence-corrected chi connectivity index (χ0v) is 18.1. The SMILES string of the molecule is Cc1cc2nc(NC(=O)C3CCCCN3S(=O)(=O)c3cccs3)sc2cc1C. The number of rotatable bonds is 4. The van der Waals surface area contributed by atoms with Gasteiger partial charge in [0.05, 0.1) is 10.2 Å². The number of sulfonamides is 1. The van der Waals surface area contributed by atoms with Crippen molar-refractivity contribution in [3.05, 3.63) is 40.8 Å². The normalized spacial score (nSPS) is 18.4. The first-order chi connectivity index (χ1) is 13.4. The number of thiophene rings is 1. The van der Waals surface area contributed by atoms with E-state index < -0.39 is 16.1 Å². The smallest absolute Gasteiger partial charge is 0.253 e. The third-order valence-corrected chi connectivity index (χ3v) is 9.26. The van der Waals surface area contributed by atoms with Gasteiger partial charge < -0.3 is 5.32 Å². The molecule has 1 aliphatic rings. The highest BCUT2D eigenvalue weighted by molar-refractivity contribution is 7.91. The van der Waals surface area contributed by atoms with Crippen LogP contribution in [0.15, 0.2) is 33.9 Å². The van der Waals surface area contributed by atoms with Crippen molar-refractivity contribution in [1.29, 1.82) is 0 Å². The molecule has 1 N–H and O–H groups in total. The highest BCUT2D eigenvalue weighted by atomic mass is 32.2. The van der Waals surface area contributed by atoms with Crippen molar-refractivity contribution in [2.24, 2.45) is 0 Å². The second-order valence-electron chi connectivity index (χ2n) is 6.97. The molecule has 28 heavy (non-hydrogen) atoms. The minimum atomic E-state index is -3.67. The van der Waals surface area contributed by atoms with Crippen LogP contribution < -0.4 is 5.32 Å². The molecule has 0 saturated carbocycles. The van der Waals surface area contributed by atoms with Crippen molar-refractivity contribution in [3.8, 4) is 0 Å². The summed E-state index contributed by atoms with van der Waals surface area (Å²) in [5, 5.41) is 5.09. The summed E-state index contributed by atoms with van der Waals surface area (Å²) < 4.78 is 28.6. The molecule has 2 aromatic heterocycles. The highest BCUT2D eigenvalue weighted by Gasteiger charge is 2.38. The number of thiazole rings is 1. The quantitative estimate of drug-likeness (QED) is 0.667. The van der Waals surface area contributed by atoms with Crippen LogP contribution in [0.3, 0.4) is 0 Å². The first-order valence-electron chi connectivity index (χ1n) is 9.10. The predicted molar refractivity (Wildman–Crippen MR) is 114 cm³/mol. The van der Waals surface area contributed by atoms with Crippen LogP contribution in [0.1, 0.15) is 30.4 Å². The molecule has 6 nitrogen and oxygen atoms in total. The summed E-state index contributed by atoms with van der Waals surface area (Å²) in [5.41, 5.74) is 3.17. The molecule has 1 saturated heterocycles. The van der Waals surface area contributed by atoms with E-state index in [1.165, 1.54) is 32.5 Å². The third kappa shape index (κ3) is 3.59. The minimum Gasteiger partial charge on any atom is -0.301 e. The molecule has 3 heterocycles. The predicted octanol–water partition coefficient (Wildman–Crippen LogP) is 4.16. The van der Waals surface area contributed by atoms with Gasteiger partial charge in [0.15, 0.2) is 5.13 Å². The maximum Gasteiger partial charge on any atom is 0.253 e. The first kappa shape index (κ1) is 19.5. The first-order valence-corrected chi connectivity index (χ1v) is 12.2. The molecule has 3 aromatic rings. The molecule has 0 bridgehead atoms. The number of anilines is 1. The summed E-state index contributed by atoms with van der Waals surface area (Å²) in [6, 6.07) is 6.65. The number of nitrogens with one attached hydrogen (secondary N) is 1. The molecule has 1 fully saturated rings. The average Bonchev–Trinajstić information content (AvgIpc) is 3.32. The van der Waals surface area contributed by atoms with Crippen molar-refractivity contribution < 1.29 is 13.2 Å². The van der Waals surface area contributed by atoms with E-state index in [1.54, 1.807) is 17.5 Å². The van der Waals surface area contributed by atoms with E-state index in [0.29, 0.717) is 18.1 Å². The highest BCUT2D eigenvalue weighted by Crippen LogP contribution is 2.31. The largest absolute Gasteiger partial charge is 0.301 e. The Bertz CT molecular complexity index is 1080. The van der Waals surface area contributed by atoms with E-state index in [9.17, 15) is 13.2 Å². The molecule has 1 amide bonds. The van der Waals surface area contributed by atoms with Crippen LogP contribution >= 0.6 is 22.7 Å².